The van der Waals surface area contributed by atoms with E-state index in [-0.39, 0.29) is 12.4 Å². The first-order valence-corrected chi connectivity index (χ1v) is 11.5. The number of benzene rings is 1. The van der Waals surface area contributed by atoms with E-state index in [1.54, 1.807) is 17.9 Å². The van der Waals surface area contributed by atoms with Gasteiger partial charge in [-0.25, -0.2) is 9.48 Å². The maximum Gasteiger partial charge on any atom is 0.356 e. The number of nitrogens with zero attached hydrogens (tertiary/aromatic N) is 2. The predicted molar refractivity (Wildman–Crippen MR) is 95.3 cm³/mol. The summed E-state index contributed by atoms with van der Waals surface area (Å²) in [5.74, 6) is -0.398. The number of methoxy groups -OCH3 is 1. The number of rotatable bonds is 8. The molecule has 1 aromatic carbocycles. The molecule has 0 amide bonds. The molecule has 1 heterocycles. The van der Waals surface area contributed by atoms with Crippen molar-refractivity contribution in [2.24, 2.45) is 0 Å². The van der Waals surface area contributed by atoms with Gasteiger partial charge in [0.25, 0.3) is 0 Å². The summed E-state index contributed by atoms with van der Waals surface area (Å²) in [6.45, 7) is 7.71. The van der Waals surface area contributed by atoms with Gasteiger partial charge in [0.15, 0.2) is 5.69 Å². The number of aromatic carboxylic acids is 1. The molecule has 7 heteroatoms. The van der Waals surface area contributed by atoms with Crippen LogP contribution in [0.15, 0.2) is 30.3 Å². The standard InChI is InChI=1S/C17H24N2O4Si/c1-22-16-8-6-5-7-13(16)15-11-14(17(20)21)18-19(15)12-23-9-10-24(2,3)4/h5-8,11H,9-10,12H2,1-4H3,(H,20,21). The average molecular weight is 348 g/mol. The Labute approximate surface area is 143 Å². The number of carboxylic acid groups (broad SMARTS) is 1. The third-order valence-electron chi connectivity index (χ3n) is 3.59. The Morgan fingerprint density at radius 3 is 2.62 bits per heavy atom. The summed E-state index contributed by atoms with van der Waals surface area (Å²) in [5.41, 5.74) is 1.44. The molecule has 0 atom stereocenters. The van der Waals surface area contributed by atoms with Gasteiger partial charge in [0.1, 0.15) is 12.5 Å². The summed E-state index contributed by atoms with van der Waals surface area (Å²) < 4.78 is 12.7. The summed E-state index contributed by atoms with van der Waals surface area (Å²) in [7, 11) is 0.416. The molecule has 0 radical (unpaired) electrons. The number of aromatic nitrogens is 2. The lowest BCUT2D eigenvalue weighted by molar-refractivity contribution is 0.0673. The van der Waals surface area contributed by atoms with Crippen molar-refractivity contribution in [1.82, 2.24) is 9.78 Å². The van der Waals surface area contributed by atoms with Gasteiger partial charge in [-0.2, -0.15) is 5.10 Å². The van der Waals surface area contributed by atoms with Crippen LogP contribution in [-0.2, 0) is 11.5 Å². The molecule has 0 aliphatic heterocycles. The van der Waals surface area contributed by atoms with Crippen molar-refractivity contribution < 1.29 is 19.4 Å². The first kappa shape index (κ1) is 18.2. The van der Waals surface area contributed by atoms with E-state index in [1.807, 2.05) is 24.3 Å². The first-order valence-electron chi connectivity index (χ1n) is 7.84. The van der Waals surface area contributed by atoms with Crippen molar-refractivity contribution in [3.8, 4) is 17.0 Å². The van der Waals surface area contributed by atoms with Gasteiger partial charge in [0.2, 0.25) is 0 Å². The van der Waals surface area contributed by atoms with Gasteiger partial charge in [0.05, 0.1) is 12.8 Å². The normalized spacial score (nSPS) is 11.5. The Bertz CT molecular complexity index is 707. The van der Waals surface area contributed by atoms with Crippen LogP contribution in [0, 0.1) is 0 Å². The Morgan fingerprint density at radius 1 is 1.29 bits per heavy atom. The lowest BCUT2D eigenvalue weighted by Crippen LogP contribution is -2.22. The summed E-state index contributed by atoms with van der Waals surface area (Å²) in [5, 5.41) is 13.4. The topological polar surface area (TPSA) is 73.6 Å². The fourth-order valence-electron chi connectivity index (χ4n) is 2.22. The van der Waals surface area contributed by atoms with Crippen LogP contribution in [0.2, 0.25) is 25.7 Å². The van der Waals surface area contributed by atoms with E-state index in [0.717, 1.165) is 11.6 Å². The number of hydrogen-bond donors (Lipinski definition) is 1. The highest BCUT2D eigenvalue weighted by atomic mass is 28.3. The van der Waals surface area contributed by atoms with Gasteiger partial charge in [-0.3, -0.25) is 0 Å². The largest absolute Gasteiger partial charge is 0.496 e. The second-order valence-electron chi connectivity index (χ2n) is 6.77. The Kier molecular flexibility index (Phi) is 5.79. The first-order chi connectivity index (χ1) is 11.3. The van der Waals surface area contributed by atoms with Gasteiger partial charge < -0.3 is 14.6 Å². The molecule has 0 aliphatic rings. The summed E-state index contributed by atoms with van der Waals surface area (Å²) in [6.07, 6.45) is 0. The van der Waals surface area contributed by atoms with Crippen molar-refractivity contribution in [1.29, 1.82) is 0 Å². The number of ether oxygens (including phenoxy) is 2. The molecule has 0 aliphatic carbocycles. The van der Waals surface area contributed by atoms with Crippen LogP contribution in [0.3, 0.4) is 0 Å². The van der Waals surface area contributed by atoms with Gasteiger partial charge in [0, 0.05) is 20.2 Å². The van der Waals surface area contributed by atoms with Crippen LogP contribution in [-0.4, -0.2) is 42.6 Å². The number of para-hydroxylation sites is 1. The van der Waals surface area contributed by atoms with Crippen molar-refractivity contribution in [3.63, 3.8) is 0 Å². The van der Waals surface area contributed by atoms with Crippen LogP contribution < -0.4 is 4.74 Å². The molecule has 130 valence electrons. The monoisotopic (exact) mass is 348 g/mol. The van der Waals surface area contributed by atoms with Crippen LogP contribution in [0.4, 0.5) is 0 Å². The third-order valence-corrected chi connectivity index (χ3v) is 5.30. The summed E-state index contributed by atoms with van der Waals surface area (Å²) >= 11 is 0. The van der Waals surface area contributed by atoms with E-state index in [2.05, 4.69) is 24.7 Å². The number of carbonyl (C=O) groups is 1. The quantitative estimate of drug-likeness (QED) is 0.583. The minimum atomic E-state index is -1.17. The fourth-order valence-corrected chi connectivity index (χ4v) is 2.98. The Hall–Kier alpha value is -2.12. The zero-order chi connectivity index (χ0) is 17.7. The highest BCUT2D eigenvalue weighted by molar-refractivity contribution is 6.76. The van der Waals surface area contributed by atoms with E-state index in [9.17, 15) is 9.90 Å². The molecular weight excluding hydrogens is 324 g/mol. The maximum absolute atomic E-state index is 11.3. The molecular formula is C17H24N2O4Si. The predicted octanol–water partition coefficient (Wildman–Crippen LogP) is 3.57. The van der Waals surface area contributed by atoms with Crippen LogP contribution >= 0.6 is 0 Å². The molecule has 24 heavy (non-hydrogen) atoms. The number of carboxylic acids is 1. The van der Waals surface area contributed by atoms with Crippen molar-refractivity contribution in [2.45, 2.75) is 32.4 Å². The molecule has 0 unspecified atom stereocenters. The van der Waals surface area contributed by atoms with Crippen molar-refractivity contribution >= 4 is 14.0 Å². The molecule has 0 spiro atoms. The molecule has 0 saturated heterocycles. The lowest BCUT2D eigenvalue weighted by Gasteiger charge is -2.16. The van der Waals surface area contributed by atoms with E-state index in [1.165, 1.54) is 0 Å². The Morgan fingerprint density at radius 2 is 2.00 bits per heavy atom. The summed E-state index contributed by atoms with van der Waals surface area (Å²) in [6, 6.07) is 10.0. The van der Waals surface area contributed by atoms with Crippen molar-refractivity contribution in [3.05, 3.63) is 36.0 Å². The molecule has 1 N–H and O–H groups in total. The van der Waals surface area contributed by atoms with Crippen LogP contribution in [0.25, 0.3) is 11.3 Å². The smallest absolute Gasteiger partial charge is 0.356 e. The van der Waals surface area contributed by atoms with Gasteiger partial charge in [-0.1, -0.05) is 31.8 Å². The average Bonchev–Trinajstić information content (AvgIpc) is 2.95. The molecule has 2 aromatic rings. The van der Waals surface area contributed by atoms with Gasteiger partial charge in [-0.15, -0.1) is 0 Å². The van der Waals surface area contributed by atoms with Crippen LogP contribution in [0.5, 0.6) is 5.75 Å². The molecule has 1 aromatic heterocycles. The summed E-state index contributed by atoms with van der Waals surface area (Å²) in [4.78, 5) is 11.3. The van der Waals surface area contributed by atoms with E-state index in [0.29, 0.717) is 18.1 Å². The van der Waals surface area contributed by atoms with Crippen LogP contribution in [0.1, 0.15) is 10.5 Å². The molecule has 0 saturated carbocycles. The van der Waals surface area contributed by atoms with Gasteiger partial charge >= 0.3 is 5.97 Å². The number of hydrogen-bond acceptors (Lipinski definition) is 4. The fraction of sp³-hybridized carbons (Fsp3) is 0.412. The SMILES string of the molecule is COc1ccccc1-c1cc(C(=O)O)nn1COCC[Si](C)(C)C. The van der Waals surface area contributed by atoms with Gasteiger partial charge in [-0.05, 0) is 24.2 Å². The minimum Gasteiger partial charge on any atom is -0.496 e. The second kappa shape index (κ2) is 7.63. The van der Waals surface area contributed by atoms with Crippen molar-refractivity contribution in [2.75, 3.05) is 13.7 Å². The Balaban J connectivity index is 2.25. The highest BCUT2D eigenvalue weighted by Crippen LogP contribution is 2.30. The zero-order valence-electron chi connectivity index (χ0n) is 14.6. The third kappa shape index (κ3) is 4.69. The molecule has 0 fully saturated rings. The molecule has 6 nitrogen and oxygen atoms in total. The van der Waals surface area contributed by atoms with E-state index < -0.39 is 14.0 Å². The lowest BCUT2D eigenvalue weighted by atomic mass is 10.1. The maximum atomic E-state index is 11.3. The van der Waals surface area contributed by atoms with E-state index in [4.69, 9.17) is 9.47 Å². The minimum absolute atomic E-state index is 0.00953. The molecule has 0 bridgehead atoms. The zero-order valence-corrected chi connectivity index (χ0v) is 15.6. The highest BCUT2D eigenvalue weighted by Gasteiger charge is 2.18. The second-order valence-corrected chi connectivity index (χ2v) is 12.4. The molecule has 2 rings (SSSR count). The van der Waals surface area contributed by atoms with E-state index >= 15 is 0 Å².